The molecule has 1 unspecified atom stereocenters. The van der Waals surface area contributed by atoms with Crippen molar-refractivity contribution in [2.24, 2.45) is 0 Å². The van der Waals surface area contributed by atoms with Gasteiger partial charge in [0.05, 0.1) is 12.2 Å². The summed E-state index contributed by atoms with van der Waals surface area (Å²) in [4.78, 5) is 11.4. The van der Waals surface area contributed by atoms with Crippen molar-refractivity contribution < 1.29 is 14.6 Å². The number of hydrogen-bond donors (Lipinski definition) is 2. The Bertz CT molecular complexity index is 361. The highest BCUT2D eigenvalue weighted by Crippen LogP contribution is 2.22. The third-order valence-electron chi connectivity index (χ3n) is 1.99. The molecule has 16 heavy (non-hydrogen) atoms. The monoisotopic (exact) mass is 223 g/mol. The van der Waals surface area contributed by atoms with Gasteiger partial charge in [0.1, 0.15) is 0 Å². The van der Waals surface area contributed by atoms with Gasteiger partial charge in [-0.05, 0) is 26.8 Å². The standard InChI is InChI=1S/C12H17NO3/c1-8(2)16-12(15)13-11-7-5-4-6-10(11)9(3)14/h4-9,14H,1-3H3,(H,13,15). The van der Waals surface area contributed by atoms with E-state index in [1.807, 2.05) is 0 Å². The van der Waals surface area contributed by atoms with Gasteiger partial charge in [-0.3, -0.25) is 5.32 Å². The average Bonchev–Trinajstić information content (AvgIpc) is 2.16. The second-order valence-corrected chi connectivity index (χ2v) is 3.84. The largest absolute Gasteiger partial charge is 0.447 e. The Kier molecular flexibility index (Phi) is 4.31. The van der Waals surface area contributed by atoms with Gasteiger partial charge in [-0.25, -0.2) is 4.79 Å². The van der Waals surface area contributed by atoms with Gasteiger partial charge in [0, 0.05) is 11.3 Å². The zero-order valence-electron chi connectivity index (χ0n) is 9.73. The number of benzene rings is 1. The zero-order valence-corrected chi connectivity index (χ0v) is 9.73. The summed E-state index contributed by atoms with van der Waals surface area (Å²) in [5.41, 5.74) is 1.24. The maximum Gasteiger partial charge on any atom is 0.411 e. The minimum Gasteiger partial charge on any atom is -0.447 e. The predicted octanol–water partition coefficient (Wildman–Crippen LogP) is 2.70. The number of nitrogens with one attached hydrogen (secondary N) is 1. The van der Waals surface area contributed by atoms with Crippen LogP contribution in [0.1, 0.15) is 32.4 Å². The number of hydrogen-bond acceptors (Lipinski definition) is 3. The van der Waals surface area contributed by atoms with E-state index in [1.54, 1.807) is 45.0 Å². The lowest BCUT2D eigenvalue weighted by Gasteiger charge is -2.14. The predicted molar refractivity (Wildman–Crippen MR) is 62.3 cm³/mol. The van der Waals surface area contributed by atoms with Gasteiger partial charge in [-0.15, -0.1) is 0 Å². The first-order chi connectivity index (χ1) is 7.50. The Balaban J connectivity index is 2.77. The van der Waals surface area contributed by atoms with E-state index < -0.39 is 12.2 Å². The van der Waals surface area contributed by atoms with Gasteiger partial charge in [0.15, 0.2) is 0 Å². The van der Waals surface area contributed by atoms with E-state index in [0.29, 0.717) is 11.3 Å². The SMILES string of the molecule is CC(C)OC(=O)Nc1ccccc1C(C)O. The number of aliphatic hydroxyl groups is 1. The van der Waals surface area contributed by atoms with Crippen molar-refractivity contribution in [3.8, 4) is 0 Å². The minimum atomic E-state index is -0.629. The molecule has 0 aliphatic rings. The molecule has 2 N–H and O–H groups in total. The van der Waals surface area contributed by atoms with Crippen molar-refractivity contribution in [2.45, 2.75) is 33.0 Å². The van der Waals surface area contributed by atoms with Crippen LogP contribution in [0, 0.1) is 0 Å². The van der Waals surface area contributed by atoms with Crippen molar-refractivity contribution in [3.05, 3.63) is 29.8 Å². The summed E-state index contributed by atoms with van der Waals surface area (Å²) < 4.78 is 4.96. The molecule has 0 spiro atoms. The highest BCUT2D eigenvalue weighted by Gasteiger charge is 2.11. The van der Waals surface area contributed by atoms with Crippen molar-refractivity contribution >= 4 is 11.8 Å². The molecular weight excluding hydrogens is 206 g/mol. The number of carbonyl (C=O) groups excluding carboxylic acids is 1. The number of aliphatic hydroxyl groups excluding tert-OH is 1. The maximum absolute atomic E-state index is 11.4. The molecule has 0 saturated heterocycles. The summed E-state index contributed by atoms with van der Waals surface area (Å²) in [5.74, 6) is 0. The summed E-state index contributed by atoms with van der Waals surface area (Å²) in [6.07, 6.45) is -1.31. The Labute approximate surface area is 95.2 Å². The lowest BCUT2D eigenvalue weighted by molar-refractivity contribution is 0.130. The second kappa shape index (κ2) is 5.51. The molecule has 0 heterocycles. The van der Waals surface area contributed by atoms with Crippen LogP contribution in [0.25, 0.3) is 0 Å². The quantitative estimate of drug-likeness (QED) is 0.828. The molecule has 0 fully saturated rings. The molecular formula is C12H17NO3. The van der Waals surface area contributed by atoms with Crippen LogP contribution in [-0.2, 0) is 4.74 Å². The van der Waals surface area contributed by atoms with E-state index in [9.17, 15) is 9.90 Å². The van der Waals surface area contributed by atoms with E-state index in [-0.39, 0.29) is 6.10 Å². The summed E-state index contributed by atoms with van der Waals surface area (Å²) in [6.45, 7) is 5.20. The van der Waals surface area contributed by atoms with E-state index in [2.05, 4.69) is 5.32 Å². The van der Waals surface area contributed by atoms with Crippen molar-refractivity contribution in [3.63, 3.8) is 0 Å². The fraction of sp³-hybridized carbons (Fsp3) is 0.417. The molecule has 0 saturated carbocycles. The highest BCUT2D eigenvalue weighted by molar-refractivity contribution is 5.85. The third-order valence-corrected chi connectivity index (χ3v) is 1.99. The van der Waals surface area contributed by atoms with Gasteiger partial charge in [0.25, 0.3) is 0 Å². The van der Waals surface area contributed by atoms with Gasteiger partial charge < -0.3 is 9.84 Å². The Morgan fingerprint density at radius 1 is 1.31 bits per heavy atom. The molecule has 1 amide bonds. The van der Waals surface area contributed by atoms with E-state index >= 15 is 0 Å². The minimum absolute atomic E-state index is 0.168. The van der Waals surface area contributed by atoms with Crippen LogP contribution in [-0.4, -0.2) is 17.3 Å². The van der Waals surface area contributed by atoms with Crippen molar-refractivity contribution in [1.82, 2.24) is 0 Å². The molecule has 4 nitrogen and oxygen atoms in total. The number of para-hydroxylation sites is 1. The van der Waals surface area contributed by atoms with Crippen LogP contribution in [0.15, 0.2) is 24.3 Å². The van der Waals surface area contributed by atoms with E-state index in [1.165, 1.54) is 0 Å². The number of ether oxygens (including phenoxy) is 1. The lowest BCUT2D eigenvalue weighted by atomic mass is 10.1. The van der Waals surface area contributed by atoms with Crippen molar-refractivity contribution in [1.29, 1.82) is 0 Å². The first-order valence-electron chi connectivity index (χ1n) is 5.25. The fourth-order valence-electron chi connectivity index (χ4n) is 1.33. The number of rotatable bonds is 3. The fourth-order valence-corrected chi connectivity index (χ4v) is 1.33. The lowest BCUT2D eigenvalue weighted by Crippen LogP contribution is -2.19. The van der Waals surface area contributed by atoms with E-state index in [4.69, 9.17) is 4.74 Å². The van der Waals surface area contributed by atoms with Crippen LogP contribution >= 0.6 is 0 Å². The zero-order chi connectivity index (χ0) is 12.1. The maximum atomic E-state index is 11.4. The van der Waals surface area contributed by atoms with E-state index in [0.717, 1.165) is 0 Å². The topological polar surface area (TPSA) is 58.6 Å². The molecule has 0 aliphatic carbocycles. The van der Waals surface area contributed by atoms with Gasteiger partial charge in [-0.2, -0.15) is 0 Å². The number of amides is 1. The first kappa shape index (κ1) is 12.5. The van der Waals surface area contributed by atoms with Crippen LogP contribution in [0.3, 0.4) is 0 Å². The third kappa shape index (κ3) is 3.55. The molecule has 1 aromatic carbocycles. The van der Waals surface area contributed by atoms with Gasteiger partial charge >= 0.3 is 6.09 Å². The Morgan fingerprint density at radius 2 is 1.94 bits per heavy atom. The van der Waals surface area contributed by atoms with Gasteiger partial charge in [-0.1, -0.05) is 18.2 Å². The summed E-state index contributed by atoms with van der Waals surface area (Å²) in [6, 6.07) is 7.08. The molecule has 0 aliphatic heterocycles. The summed E-state index contributed by atoms with van der Waals surface area (Å²) in [5, 5.41) is 12.1. The van der Waals surface area contributed by atoms with Crippen molar-refractivity contribution in [2.75, 3.05) is 5.32 Å². The van der Waals surface area contributed by atoms with Crippen LogP contribution in [0.2, 0.25) is 0 Å². The molecule has 1 rings (SSSR count). The average molecular weight is 223 g/mol. The van der Waals surface area contributed by atoms with Gasteiger partial charge in [0.2, 0.25) is 0 Å². The molecule has 88 valence electrons. The molecule has 4 heteroatoms. The Hall–Kier alpha value is -1.55. The highest BCUT2D eigenvalue weighted by atomic mass is 16.6. The smallest absolute Gasteiger partial charge is 0.411 e. The summed E-state index contributed by atoms with van der Waals surface area (Å²) in [7, 11) is 0. The number of anilines is 1. The van der Waals surface area contributed by atoms with Crippen LogP contribution < -0.4 is 5.32 Å². The molecule has 0 radical (unpaired) electrons. The Morgan fingerprint density at radius 3 is 2.50 bits per heavy atom. The second-order valence-electron chi connectivity index (χ2n) is 3.84. The molecule has 1 atom stereocenters. The number of carbonyl (C=O) groups is 1. The van der Waals surface area contributed by atoms with Crippen LogP contribution in [0.5, 0.6) is 0 Å². The molecule has 1 aromatic rings. The molecule has 0 bridgehead atoms. The molecule has 0 aromatic heterocycles. The first-order valence-corrected chi connectivity index (χ1v) is 5.25. The van der Waals surface area contributed by atoms with Crippen LogP contribution in [0.4, 0.5) is 10.5 Å². The summed E-state index contributed by atoms with van der Waals surface area (Å²) >= 11 is 0. The normalized spacial score (nSPS) is 12.3.